The molecule has 0 heterocycles. The minimum absolute atomic E-state index is 0.0874. The zero-order valence-electron chi connectivity index (χ0n) is 10.1. The standard InChI is InChI=1S/C13H19NO3/c1-16-11-13(15)14-8-5-9-17-10-12-6-3-2-4-7-12/h2-4,6-7H,5,8-11H2,1H3,(H,14,15). The monoisotopic (exact) mass is 237 g/mol. The van der Waals surface area contributed by atoms with Gasteiger partial charge in [0.1, 0.15) is 6.61 Å². The molecular weight excluding hydrogens is 218 g/mol. The molecule has 1 aromatic carbocycles. The third-order valence-corrected chi connectivity index (χ3v) is 2.17. The van der Waals surface area contributed by atoms with E-state index in [1.807, 2.05) is 30.3 Å². The normalized spacial score (nSPS) is 10.2. The highest BCUT2D eigenvalue weighted by molar-refractivity contribution is 5.77. The number of nitrogens with one attached hydrogen (secondary N) is 1. The Labute approximate surface area is 102 Å². The van der Waals surface area contributed by atoms with Gasteiger partial charge in [-0.25, -0.2) is 0 Å². The molecule has 0 radical (unpaired) electrons. The van der Waals surface area contributed by atoms with Gasteiger partial charge in [0.05, 0.1) is 6.61 Å². The maximum atomic E-state index is 11.0. The largest absolute Gasteiger partial charge is 0.377 e. The summed E-state index contributed by atoms with van der Waals surface area (Å²) in [6.07, 6.45) is 0.808. The summed E-state index contributed by atoms with van der Waals surface area (Å²) in [6, 6.07) is 10.0. The van der Waals surface area contributed by atoms with E-state index in [9.17, 15) is 4.79 Å². The molecule has 0 bridgehead atoms. The summed E-state index contributed by atoms with van der Waals surface area (Å²) in [7, 11) is 1.50. The van der Waals surface area contributed by atoms with Crippen molar-refractivity contribution >= 4 is 5.91 Å². The Balaban J connectivity index is 1.96. The van der Waals surface area contributed by atoms with Gasteiger partial charge in [-0.05, 0) is 12.0 Å². The molecule has 0 aliphatic rings. The van der Waals surface area contributed by atoms with Crippen LogP contribution in [0.25, 0.3) is 0 Å². The minimum atomic E-state index is -0.0874. The van der Waals surface area contributed by atoms with Crippen LogP contribution in [0, 0.1) is 0 Å². The van der Waals surface area contributed by atoms with Crippen LogP contribution in [0.5, 0.6) is 0 Å². The van der Waals surface area contributed by atoms with Crippen LogP contribution in [-0.2, 0) is 20.9 Å². The van der Waals surface area contributed by atoms with Crippen molar-refractivity contribution in [3.8, 4) is 0 Å². The van der Waals surface area contributed by atoms with Crippen LogP contribution in [0.2, 0.25) is 0 Å². The van der Waals surface area contributed by atoms with Gasteiger partial charge in [-0.15, -0.1) is 0 Å². The van der Waals surface area contributed by atoms with E-state index in [1.165, 1.54) is 7.11 Å². The fraction of sp³-hybridized carbons (Fsp3) is 0.462. The first kappa shape index (κ1) is 13.7. The molecule has 0 saturated heterocycles. The maximum absolute atomic E-state index is 11.0. The highest BCUT2D eigenvalue weighted by Crippen LogP contribution is 2.00. The van der Waals surface area contributed by atoms with Crippen LogP contribution >= 0.6 is 0 Å². The number of benzene rings is 1. The number of rotatable bonds is 8. The fourth-order valence-electron chi connectivity index (χ4n) is 1.35. The Kier molecular flexibility index (Phi) is 7.02. The molecule has 0 fully saturated rings. The summed E-state index contributed by atoms with van der Waals surface area (Å²) in [6.45, 7) is 2.00. The van der Waals surface area contributed by atoms with Crippen LogP contribution in [0.1, 0.15) is 12.0 Å². The third kappa shape index (κ3) is 6.71. The Morgan fingerprint density at radius 3 is 2.76 bits per heavy atom. The molecule has 1 N–H and O–H groups in total. The zero-order valence-corrected chi connectivity index (χ0v) is 10.1. The lowest BCUT2D eigenvalue weighted by Gasteiger charge is -2.05. The second kappa shape index (κ2) is 8.73. The number of hydrogen-bond donors (Lipinski definition) is 1. The summed E-state index contributed by atoms with van der Waals surface area (Å²) in [5, 5.41) is 2.74. The molecule has 17 heavy (non-hydrogen) atoms. The Morgan fingerprint density at radius 2 is 2.06 bits per heavy atom. The average Bonchev–Trinajstić information content (AvgIpc) is 2.35. The number of ether oxygens (including phenoxy) is 2. The zero-order chi connectivity index (χ0) is 12.3. The number of carbonyl (C=O) groups excluding carboxylic acids is 1. The molecule has 0 aliphatic heterocycles. The fourth-order valence-corrected chi connectivity index (χ4v) is 1.35. The molecule has 0 atom stereocenters. The van der Waals surface area contributed by atoms with Gasteiger partial charge in [0.15, 0.2) is 0 Å². The van der Waals surface area contributed by atoms with Crippen molar-refractivity contribution in [2.45, 2.75) is 13.0 Å². The molecule has 4 heteroatoms. The smallest absolute Gasteiger partial charge is 0.245 e. The van der Waals surface area contributed by atoms with Crippen molar-refractivity contribution in [1.29, 1.82) is 0 Å². The van der Waals surface area contributed by atoms with E-state index in [1.54, 1.807) is 0 Å². The SMILES string of the molecule is COCC(=O)NCCCOCc1ccccc1. The molecular formula is C13H19NO3. The molecule has 0 unspecified atom stereocenters. The summed E-state index contributed by atoms with van der Waals surface area (Å²) < 4.78 is 10.2. The van der Waals surface area contributed by atoms with Crippen molar-refractivity contribution in [2.75, 3.05) is 26.9 Å². The lowest BCUT2D eigenvalue weighted by atomic mass is 10.2. The van der Waals surface area contributed by atoms with Crippen LogP contribution < -0.4 is 5.32 Å². The van der Waals surface area contributed by atoms with Crippen LogP contribution in [0.15, 0.2) is 30.3 Å². The number of carbonyl (C=O) groups is 1. The predicted molar refractivity (Wildman–Crippen MR) is 65.6 cm³/mol. The van der Waals surface area contributed by atoms with E-state index in [0.717, 1.165) is 12.0 Å². The van der Waals surface area contributed by atoms with Crippen molar-refractivity contribution < 1.29 is 14.3 Å². The molecule has 1 amide bonds. The van der Waals surface area contributed by atoms with Crippen molar-refractivity contribution in [2.24, 2.45) is 0 Å². The van der Waals surface area contributed by atoms with Gasteiger partial charge >= 0.3 is 0 Å². The minimum Gasteiger partial charge on any atom is -0.377 e. The molecule has 0 aromatic heterocycles. The summed E-state index contributed by atoms with van der Waals surface area (Å²) in [4.78, 5) is 11.0. The first-order chi connectivity index (χ1) is 8.33. The van der Waals surface area contributed by atoms with Crippen LogP contribution in [-0.4, -0.2) is 32.8 Å². The molecule has 94 valence electrons. The Morgan fingerprint density at radius 1 is 1.29 bits per heavy atom. The van der Waals surface area contributed by atoms with Crippen molar-refractivity contribution in [3.05, 3.63) is 35.9 Å². The topological polar surface area (TPSA) is 47.6 Å². The van der Waals surface area contributed by atoms with E-state index in [4.69, 9.17) is 9.47 Å². The van der Waals surface area contributed by atoms with E-state index >= 15 is 0 Å². The lowest BCUT2D eigenvalue weighted by molar-refractivity contribution is -0.124. The third-order valence-electron chi connectivity index (χ3n) is 2.17. The van der Waals surface area contributed by atoms with Crippen LogP contribution in [0.4, 0.5) is 0 Å². The van der Waals surface area contributed by atoms with Gasteiger partial charge in [0.25, 0.3) is 0 Å². The molecule has 0 aliphatic carbocycles. The maximum Gasteiger partial charge on any atom is 0.245 e. The van der Waals surface area contributed by atoms with E-state index in [2.05, 4.69) is 5.32 Å². The number of amides is 1. The molecule has 0 saturated carbocycles. The summed E-state index contributed by atoms with van der Waals surface area (Å²) >= 11 is 0. The van der Waals surface area contributed by atoms with Gasteiger partial charge in [-0.3, -0.25) is 4.79 Å². The molecule has 4 nitrogen and oxygen atoms in total. The van der Waals surface area contributed by atoms with E-state index in [0.29, 0.717) is 19.8 Å². The van der Waals surface area contributed by atoms with Gasteiger partial charge in [-0.1, -0.05) is 30.3 Å². The van der Waals surface area contributed by atoms with Gasteiger partial charge in [-0.2, -0.15) is 0 Å². The Hall–Kier alpha value is -1.39. The Bertz CT molecular complexity index is 314. The lowest BCUT2D eigenvalue weighted by Crippen LogP contribution is -2.28. The second-order valence-corrected chi connectivity index (χ2v) is 3.67. The first-order valence-electron chi connectivity index (χ1n) is 5.70. The van der Waals surface area contributed by atoms with Crippen LogP contribution in [0.3, 0.4) is 0 Å². The highest BCUT2D eigenvalue weighted by Gasteiger charge is 1.98. The van der Waals surface area contributed by atoms with E-state index in [-0.39, 0.29) is 12.5 Å². The number of hydrogen-bond acceptors (Lipinski definition) is 3. The molecule has 0 spiro atoms. The highest BCUT2D eigenvalue weighted by atomic mass is 16.5. The summed E-state index contributed by atoms with van der Waals surface area (Å²) in [5.41, 5.74) is 1.16. The predicted octanol–water partition coefficient (Wildman–Crippen LogP) is 1.36. The number of methoxy groups -OCH3 is 1. The van der Waals surface area contributed by atoms with Crippen molar-refractivity contribution in [1.82, 2.24) is 5.32 Å². The van der Waals surface area contributed by atoms with Gasteiger partial charge in [0, 0.05) is 20.3 Å². The molecule has 1 aromatic rings. The van der Waals surface area contributed by atoms with Gasteiger partial charge in [0.2, 0.25) is 5.91 Å². The average molecular weight is 237 g/mol. The molecule has 1 rings (SSSR count). The summed E-state index contributed by atoms with van der Waals surface area (Å²) in [5.74, 6) is -0.0874. The van der Waals surface area contributed by atoms with E-state index < -0.39 is 0 Å². The second-order valence-electron chi connectivity index (χ2n) is 3.67. The quantitative estimate of drug-likeness (QED) is 0.694. The van der Waals surface area contributed by atoms with Crippen molar-refractivity contribution in [3.63, 3.8) is 0 Å². The van der Waals surface area contributed by atoms with Gasteiger partial charge < -0.3 is 14.8 Å². The first-order valence-corrected chi connectivity index (χ1v) is 5.70.